The van der Waals surface area contributed by atoms with E-state index in [4.69, 9.17) is 4.98 Å². The van der Waals surface area contributed by atoms with Crippen molar-refractivity contribution in [2.24, 2.45) is 7.05 Å². The van der Waals surface area contributed by atoms with E-state index in [-0.39, 0.29) is 11.8 Å². The molecule has 2 amide bonds. The first kappa shape index (κ1) is 21.5. The lowest BCUT2D eigenvalue weighted by atomic mass is 10.2. The number of nitrogens with zero attached hydrogens (tertiary/aromatic N) is 4. The molecule has 0 radical (unpaired) electrons. The van der Waals surface area contributed by atoms with Crippen LogP contribution in [0.4, 0.5) is 5.69 Å². The summed E-state index contributed by atoms with van der Waals surface area (Å²) in [6.45, 7) is 5.87. The van der Waals surface area contributed by atoms with Crippen LogP contribution in [-0.2, 0) is 18.4 Å². The van der Waals surface area contributed by atoms with Crippen LogP contribution < -0.4 is 5.32 Å². The normalized spacial score (nSPS) is 14.7. The number of imidazole rings is 1. The molecule has 1 aliphatic rings. The van der Waals surface area contributed by atoms with Gasteiger partial charge in [-0.3, -0.25) is 14.5 Å². The van der Waals surface area contributed by atoms with Crippen LogP contribution in [0.1, 0.15) is 29.5 Å². The summed E-state index contributed by atoms with van der Waals surface area (Å²) in [6, 6.07) is 13.1. The highest BCUT2D eigenvalue weighted by atomic mass is 79.9. The van der Waals surface area contributed by atoms with Crippen LogP contribution in [0.2, 0.25) is 0 Å². The summed E-state index contributed by atoms with van der Waals surface area (Å²) >= 11 is 3.40. The second-order valence-corrected chi connectivity index (χ2v) is 8.68. The third-order valence-electron chi connectivity index (χ3n) is 5.71. The lowest BCUT2D eigenvalue weighted by Gasteiger charge is -2.34. The molecule has 0 saturated carbocycles. The molecule has 0 spiro atoms. The largest absolute Gasteiger partial charge is 0.340 e. The lowest BCUT2D eigenvalue weighted by Crippen LogP contribution is -2.48. The van der Waals surface area contributed by atoms with Gasteiger partial charge in [-0.25, -0.2) is 4.98 Å². The minimum absolute atomic E-state index is 0.156. The zero-order valence-corrected chi connectivity index (χ0v) is 19.4. The number of hydrogen-bond donors (Lipinski definition) is 1. The van der Waals surface area contributed by atoms with Crippen molar-refractivity contribution in [2.75, 3.05) is 31.5 Å². The lowest BCUT2D eigenvalue weighted by molar-refractivity contribution is -0.132. The van der Waals surface area contributed by atoms with Crippen molar-refractivity contribution in [3.05, 3.63) is 58.3 Å². The minimum atomic E-state index is -0.156. The molecule has 0 aliphatic carbocycles. The predicted molar refractivity (Wildman–Crippen MR) is 125 cm³/mol. The van der Waals surface area contributed by atoms with Gasteiger partial charge in [0.15, 0.2) is 0 Å². The molecule has 0 bridgehead atoms. The van der Waals surface area contributed by atoms with Gasteiger partial charge in [-0.05, 0) is 36.4 Å². The van der Waals surface area contributed by atoms with Gasteiger partial charge in [-0.15, -0.1) is 0 Å². The van der Waals surface area contributed by atoms with Crippen LogP contribution in [0.3, 0.4) is 0 Å². The van der Waals surface area contributed by atoms with Gasteiger partial charge in [-0.1, -0.05) is 28.9 Å². The average Bonchev–Trinajstić information content (AvgIpc) is 3.08. The van der Waals surface area contributed by atoms with Crippen LogP contribution in [-0.4, -0.2) is 57.3 Å². The van der Waals surface area contributed by atoms with Crippen molar-refractivity contribution in [1.29, 1.82) is 0 Å². The summed E-state index contributed by atoms with van der Waals surface area (Å²) in [4.78, 5) is 33.5. The number of halogens is 1. The number of amides is 2. The highest BCUT2D eigenvalue weighted by molar-refractivity contribution is 9.10. The molecule has 8 heteroatoms. The van der Waals surface area contributed by atoms with Crippen molar-refractivity contribution >= 4 is 44.5 Å². The molecule has 0 atom stereocenters. The third-order valence-corrected chi connectivity index (χ3v) is 6.20. The van der Waals surface area contributed by atoms with E-state index in [2.05, 4.69) is 30.7 Å². The number of carbonyl (C=O) groups excluding carboxylic acids is 2. The number of aromatic nitrogens is 2. The van der Waals surface area contributed by atoms with E-state index in [0.717, 1.165) is 54.1 Å². The molecule has 3 aromatic rings. The number of carbonyl (C=O) groups is 2. The Labute approximate surface area is 190 Å². The van der Waals surface area contributed by atoms with Gasteiger partial charge < -0.3 is 14.8 Å². The van der Waals surface area contributed by atoms with Gasteiger partial charge in [0.1, 0.15) is 5.82 Å². The molecule has 7 nitrogen and oxygen atoms in total. The van der Waals surface area contributed by atoms with Crippen LogP contribution in [0, 0.1) is 0 Å². The predicted octanol–water partition coefficient (Wildman–Crippen LogP) is 3.64. The maximum Gasteiger partial charge on any atom is 0.255 e. The number of anilines is 1. The van der Waals surface area contributed by atoms with Gasteiger partial charge in [0.05, 0.1) is 17.6 Å². The summed E-state index contributed by atoms with van der Waals surface area (Å²) in [5, 5.41) is 2.95. The number of hydrogen-bond acceptors (Lipinski definition) is 4. The second kappa shape index (κ2) is 9.20. The highest BCUT2D eigenvalue weighted by Gasteiger charge is 2.21. The standard InChI is InChI=1S/C23H26BrN5O2/c1-3-22(30)29-11-9-28(10-12-29)15-21-26-19-14-18(7-8-20(19)27(21)2)25-23(31)16-5-4-6-17(24)13-16/h4-8,13-14H,3,9-12,15H2,1-2H3,(H,25,31). The van der Waals surface area contributed by atoms with Crippen LogP contribution in [0.5, 0.6) is 0 Å². The van der Waals surface area contributed by atoms with Crippen molar-refractivity contribution in [3.8, 4) is 0 Å². The number of benzene rings is 2. The van der Waals surface area contributed by atoms with Crippen molar-refractivity contribution < 1.29 is 9.59 Å². The third kappa shape index (κ3) is 4.80. The molecule has 162 valence electrons. The Morgan fingerprint density at radius 2 is 1.87 bits per heavy atom. The fourth-order valence-electron chi connectivity index (χ4n) is 3.88. The summed E-state index contributed by atoms with van der Waals surface area (Å²) < 4.78 is 2.96. The fraction of sp³-hybridized carbons (Fsp3) is 0.348. The van der Waals surface area contributed by atoms with E-state index in [1.165, 1.54) is 0 Å². The monoisotopic (exact) mass is 483 g/mol. The second-order valence-electron chi connectivity index (χ2n) is 7.77. The van der Waals surface area contributed by atoms with E-state index < -0.39 is 0 Å². The van der Waals surface area contributed by atoms with Crippen molar-refractivity contribution in [2.45, 2.75) is 19.9 Å². The summed E-state index contributed by atoms with van der Waals surface area (Å²) in [5.41, 5.74) is 3.19. The topological polar surface area (TPSA) is 70.5 Å². The van der Waals surface area contributed by atoms with E-state index >= 15 is 0 Å². The van der Waals surface area contributed by atoms with Crippen molar-refractivity contribution in [3.63, 3.8) is 0 Å². The maximum absolute atomic E-state index is 12.5. The number of fused-ring (bicyclic) bond motifs is 1. The molecule has 1 aromatic heterocycles. The number of nitrogens with one attached hydrogen (secondary N) is 1. The summed E-state index contributed by atoms with van der Waals surface area (Å²) in [7, 11) is 2.02. The van der Waals surface area contributed by atoms with Crippen LogP contribution >= 0.6 is 15.9 Å². The molecule has 2 heterocycles. The number of rotatable bonds is 5. The van der Waals surface area contributed by atoms with Crippen LogP contribution in [0.15, 0.2) is 46.9 Å². The average molecular weight is 484 g/mol. The Morgan fingerprint density at radius 3 is 2.58 bits per heavy atom. The minimum Gasteiger partial charge on any atom is -0.340 e. The first-order chi connectivity index (χ1) is 14.9. The molecular formula is C23H26BrN5O2. The Bertz CT molecular complexity index is 1120. The smallest absolute Gasteiger partial charge is 0.255 e. The van der Waals surface area contributed by atoms with E-state index in [1.807, 2.05) is 49.2 Å². The number of piperazine rings is 1. The van der Waals surface area contributed by atoms with Gasteiger partial charge in [0, 0.05) is 55.4 Å². The first-order valence-corrected chi connectivity index (χ1v) is 11.3. The van der Waals surface area contributed by atoms with Crippen LogP contribution in [0.25, 0.3) is 11.0 Å². The molecule has 0 unspecified atom stereocenters. The first-order valence-electron chi connectivity index (χ1n) is 10.5. The SMILES string of the molecule is CCC(=O)N1CCN(Cc2nc3cc(NC(=O)c4cccc(Br)c4)ccc3n2C)CC1. The maximum atomic E-state index is 12.5. The van der Waals surface area contributed by atoms with E-state index in [9.17, 15) is 9.59 Å². The molecular weight excluding hydrogens is 458 g/mol. The molecule has 4 rings (SSSR count). The molecule has 1 N–H and O–H groups in total. The summed E-state index contributed by atoms with van der Waals surface area (Å²) in [6.07, 6.45) is 0.561. The fourth-order valence-corrected chi connectivity index (χ4v) is 4.28. The zero-order chi connectivity index (χ0) is 22.0. The molecule has 31 heavy (non-hydrogen) atoms. The Morgan fingerprint density at radius 1 is 1.10 bits per heavy atom. The zero-order valence-electron chi connectivity index (χ0n) is 17.8. The van der Waals surface area contributed by atoms with E-state index in [1.54, 1.807) is 12.1 Å². The molecule has 1 fully saturated rings. The quantitative estimate of drug-likeness (QED) is 0.601. The molecule has 1 aliphatic heterocycles. The Balaban J connectivity index is 1.45. The van der Waals surface area contributed by atoms with Gasteiger partial charge >= 0.3 is 0 Å². The van der Waals surface area contributed by atoms with Crippen molar-refractivity contribution in [1.82, 2.24) is 19.4 Å². The van der Waals surface area contributed by atoms with Gasteiger partial charge in [0.25, 0.3) is 5.91 Å². The molecule has 2 aromatic carbocycles. The molecule has 1 saturated heterocycles. The van der Waals surface area contributed by atoms with E-state index in [0.29, 0.717) is 17.7 Å². The highest BCUT2D eigenvalue weighted by Crippen LogP contribution is 2.22. The van der Waals surface area contributed by atoms with Gasteiger partial charge in [-0.2, -0.15) is 0 Å². The summed E-state index contributed by atoms with van der Waals surface area (Å²) in [5.74, 6) is 1.04. The Hall–Kier alpha value is -2.71. The Kier molecular flexibility index (Phi) is 6.38. The number of aryl methyl sites for hydroxylation is 1. The van der Waals surface area contributed by atoms with Gasteiger partial charge in [0.2, 0.25) is 5.91 Å².